The van der Waals surface area contributed by atoms with Gasteiger partial charge in [0.25, 0.3) is 0 Å². The summed E-state index contributed by atoms with van der Waals surface area (Å²) in [4.78, 5) is 36.7. The normalized spacial score (nSPS) is 13.7. The van der Waals surface area contributed by atoms with Gasteiger partial charge < -0.3 is 30.1 Å². The van der Waals surface area contributed by atoms with Crippen molar-refractivity contribution < 1.29 is 9.53 Å². The van der Waals surface area contributed by atoms with Gasteiger partial charge in [-0.1, -0.05) is 20.4 Å². The van der Waals surface area contributed by atoms with Gasteiger partial charge in [0.2, 0.25) is 17.8 Å². The second-order valence-electron chi connectivity index (χ2n) is 10.2. The number of hydrogen-bond acceptors (Lipinski definition) is 10. The third kappa shape index (κ3) is 6.28. The van der Waals surface area contributed by atoms with E-state index >= 15 is 0 Å². The number of aromatic nitrogens is 4. The van der Waals surface area contributed by atoms with E-state index in [2.05, 4.69) is 66.8 Å². The van der Waals surface area contributed by atoms with Crippen molar-refractivity contribution in [3.63, 3.8) is 0 Å². The Labute approximate surface area is 237 Å². The molecule has 0 saturated heterocycles. The van der Waals surface area contributed by atoms with Gasteiger partial charge >= 0.3 is 0 Å². The topological polar surface area (TPSA) is 112 Å². The summed E-state index contributed by atoms with van der Waals surface area (Å²) in [6.07, 6.45) is 2.71. The Kier molecular flexibility index (Phi) is 8.36. The Morgan fingerprint density at radius 2 is 1.95 bits per heavy atom. The summed E-state index contributed by atoms with van der Waals surface area (Å²) in [5, 5.41) is 6.16. The lowest BCUT2D eigenvalue weighted by Crippen LogP contribution is -2.29. The highest BCUT2D eigenvalue weighted by Gasteiger charge is 2.38. The molecule has 1 aliphatic heterocycles. The van der Waals surface area contributed by atoms with Gasteiger partial charge in [0.1, 0.15) is 16.7 Å². The molecule has 0 saturated carbocycles. The Balaban J connectivity index is 1.68. The summed E-state index contributed by atoms with van der Waals surface area (Å²) in [7, 11) is 7.60. The van der Waals surface area contributed by atoms with E-state index in [0.29, 0.717) is 35.6 Å². The molecule has 12 heteroatoms. The summed E-state index contributed by atoms with van der Waals surface area (Å²) in [5.41, 5.74) is 3.75. The molecule has 3 aromatic rings. The number of pyridine rings is 1. The molecular formula is C27H34BrN9O2. The van der Waals surface area contributed by atoms with E-state index in [1.54, 1.807) is 13.2 Å². The molecule has 39 heavy (non-hydrogen) atoms. The van der Waals surface area contributed by atoms with Crippen molar-refractivity contribution in [1.82, 2.24) is 24.8 Å². The maximum Gasteiger partial charge on any atom is 0.247 e. The van der Waals surface area contributed by atoms with Crippen molar-refractivity contribution in [2.45, 2.75) is 19.3 Å². The highest BCUT2D eigenvalue weighted by atomic mass is 79.9. The quantitative estimate of drug-likeness (QED) is 0.259. The highest BCUT2D eigenvalue weighted by Crippen LogP contribution is 2.43. The first-order chi connectivity index (χ1) is 18.5. The largest absolute Gasteiger partial charge is 0.494 e. The number of carbonyl (C=O) groups is 1. The molecule has 206 valence electrons. The summed E-state index contributed by atoms with van der Waals surface area (Å²) < 4.78 is 6.50. The molecule has 0 radical (unpaired) electrons. The van der Waals surface area contributed by atoms with Crippen LogP contribution in [0.2, 0.25) is 0 Å². The van der Waals surface area contributed by atoms with Crippen LogP contribution in [-0.4, -0.2) is 78.6 Å². The van der Waals surface area contributed by atoms with Crippen molar-refractivity contribution in [3.8, 4) is 5.75 Å². The van der Waals surface area contributed by atoms with Crippen LogP contribution in [0.4, 0.5) is 34.6 Å². The van der Waals surface area contributed by atoms with E-state index in [0.717, 1.165) is 34.8 Å². The molecule has 2 N–H and O–H groups in total. The van der Waals surface area contributed by atoms with Gasteiger partial charge in [-0.15, -0.1) is 0 Å². The van der Waals surface area contributed by atoms with Gasteiger partial charge in [-0.3, -0.25) is 4.79 Å². The van der Waals surface area contributed by atoms with Crippen LogP contribution in [0.5, 0.6) is 5.75 Å². The molecule has 11 nitrogen and oxygen atoms in total. The Bertz CT molecular complexity index is 1380. The third-order valence-electron chi connectivity index (χ3n) is 6.43. The second-order valence-corrected chi connectivity index (χ2v) is 11.0. The van der Waals surface area contributed by atoms with E-state index in [4.69, 9.17) is 14.7 Å². The predicted molar refractivity (Wildman–Crippen MR) is 159 cm³/mol. The molecular weight excluding hydrogens is 562 g/mol. The lowest BCUT2D eigenvalue weighted by Gasteiger charge is -2.26. The van der Waals surface area contributed by atoms with Crippen molar-refractivity contribution in [2.24, 2.45) is 0 Å². The minimum Gasteiger partial charge on any atom is -0.494 e. The molecule has 2 aromatic heterocycles. The fourth-order valence-corrected chi connectivity index (χ4v) is 4.69. The number of nitrogens with zero attached hydrogens (tertiary/aromatic N) is 7. The molecule has 1 amide bonds. The molecule has 0 atom stereocenters. The minimum atomic E-state index is -0.314. The number of ether oxygens (including phenoxy) is 1. The number of carbonyl (C=O) groups excluding carboxylic acids is 1. The molecule has 4 rings (SSSR count). The smallest absolute Gasteiger partial charge is 0.247 e. The number of hydrogen-bond donors (Lipinski definition) is 2. The van der Waals surface area contributed by atoms with E-state index < -0.39 is 0 Å². The molecule has 0 aliphatic carbocycles. The molecule has 0 fully saturated rings. The van der Waals surface area contributed by atoms with Crippen molar-refractivity contribution in [1.29, 1.82) is 0 Å². The standard InChI is InChI=1S/C27H34BrN9O2/c1-8-23(38)31-17-13-18(21(39-7)14-20(17)36(6)12-11-35(4)5)32-25-29-16-30-26(34-25)37-15-27(2,3)24-19(37)9-10-22(28)33-24/h8-10,13-14,16H,1,11-12,15H2,2-7H3,(H,31,38)(H,29,30,32,34). The van der Waals surface area contributed by atoms with Gasteiger partial charge in [-0.05, 0) is 54.3 Å². The van der Waals surface area contributed by atoms with Crippen LogP contribution in [0.1, 0.15) is 19.5 Å². The first kappa shape index (κ1) is 28.2. The number of methoxy groups -OCH3 is 1. The van der Waals surface area contributed by atoms with E-state index in [-0.39, 0.29) is 11.3 Å². The fraction of sp³-hybridized carbons (Fsp3) is 0.370. The molecule has 0 bridgehead atoms. The molecule has 1 aliphatic rings. The van der Waals surface area contributed by atoms with Crippen molar-refractivity contribution in [2.75, 3.05) is 68.3 Å². The highest BCUT2D eigenvalue weighted by molar-refractivity contribution is 9.10. The van der Waals surface area contributed by atoms with Crippen LogP contribution in [0, 0.1) is 0 Å². The zero-order chi connectivity index (χ0) is 28.3. The zero-order valence-corrected chi connectivity index (χ0v) is 24.7. The van der Waals surface area contributed by atoms with Gasteiger partial charge in [0, 0.05) is 38.2 Å². The van der Waals surface area contributed by atoms with Gasteiger partial charge in [-0.2, -0.15) is 4.98 Å². The lowest BCUT2D eigenvalue weighted by molar-refractivity contribution is -0.111. The first-order valence-electron chi connectivity index (χ1n) is 12.4. The summed E-state index contributed by atoms with van der Waals surface area (Å²) in [5.74, 6) is 1.10. The van der Waals surface area contributed by atoms with Crippen molar-refractivity contribution in [3.05, 3.63) is 53.5 Å². The Hall–Kier alpha value is -3.77. The lowest BCUT2D eigenvalue weighted by atomic mass is 9.91. The van der Waals surface area contributed by atoms with Crippen LogP contribution in [0.3, 0.4) is 0 Å². The van der Waals surface area contributed by atoms with Crippen LogP contribution < -0.4 is 25.2 Å². The maximum absolute atomic E-state index is 12.3. The number of likely N-dealkylation sites (N-methyl/N-ethyl adjacent to an activating group) is 2. The minimum absolute atomic E-state index is 0.185. The zero-order valence-electron chi connectivity index (χ0n) is 23.1. The number of amides is 1. The monoisotopic (exact) mass is 595 g/mol. The van der Waals surface area contributed by atoms with Gasteiger partial charge in [0.15, 0.2) is 0 Å². The number of halogens is 1. The first-order valence-corrected chi connectivity index (χ1v) is 13.2. The van der Waals surface area contributed by atoms with E-state index in [1.807, 2.05) is 44.2 Å². The Morgan fingerprint density at radius 1 is 1.18 bits per heavy atom. The number of benzene rings is 1. The van der Waals surface area contributed by atoms with Gasteiger partial charge in [-0.25, -0.2) is 15.0 Å². The molecule has 3 heterocycles. The fourth-order valence-electron chi connectivity index (χ4n) is 4.38. The number of rotatable bonds is 10. The van der Waals surface area contributed by atoms with E-state index in [1.165, 1.54) is 12.4 Å². The number of anilines is 6. The molecule has 1 aromatic carbocycles. The van der Waals surface area contributed by atoms with Crippen LogP contribution in [-0.2, 0) is 10.2 Å². The average Bonchev–Trinajstić information content (AvgIpc) is 3.17. The van der Waals surface area contributed by atoms with E-state index in [9.17, 15) is 4.79 Å². The molecule has 0 unspecified atom stereocenters. The third-order valence-corrected chi connectivity index (χ3v) is 6.87. The predicted octanol–water partition coefficient (Wildman–Crippen LogP) is 4.33. The second kappa shape index (κ2) is 11.5. The number of fused-ring (bicyclic) bond motifs is 1. The number of nitrogens with one attached hydrogen (secondary N) is 2. The van der Waals surface area contributed by atoms with Gasteiger partial charge in [0.05, 0.1) is 35.6 Å². The van der Waals surface area contributed by atoms with Crippen LogP contribution in [0.25, 0.3) is 0 Å². The van der Waals surface area contributed by atoms with Crippen molar-refractivity contribution >= 4 is 56.5 Å². The van der Waals surface area contributed by atoms with Crippen LogP contribution in [0.15, 0.2) is 47.9 Å². The van der Waals surface area contributed by atoms with Crippen LogP contribution >= 0.6 is 15.9 Å². The summed E-state index contributed by atoms with van der Waals surface area (Å²) >= 11 is 3.48. The maximum atomic E-state index is 12.3. The SMILES string of the molecule is C=CC(=O)Nc1cc(Nc2ncnc(N3CC(C)(C)c4nc(Br)ccc43)n2)c(OC)cc1N(C)CCN(C)C. The average molecular weight is 597 g/mol. The summed E-state index contributed by atoms with van der Waals surface area (Å²) in [6, 6.07) is 7.61. The summed E-state index contributed by atoms with van der Waals surface area (Å²) in [6.45, 7) is 10.1. The Morgan fingerprint density at radius 3 is 2.64 bits per heavy atom. The molecule has 0 spiro atoms.